The van der Waals surface area contributed by atoms with Gasteiger partial charge in [-0.15, -0.1) is 0 Å². The highest BCUT2D eigenvalue weighted by molar-refractivity contribution is 6.07. The van der Waals surface area contributed by atoms with E-state index in [9.17, 15) is 36.7 Å². The van der Waals surface area contributed by atoms with Crippen LogP contribution < -0.4 is 39.4 Å². The van der Waals surface area contributed by atoms with Crippen LogP contribution in [0.3, 0.4) is 0 Å². The SMILES string of the molecule is COc1nc(Oc2c(F)cccc2F)ncc1N1CC(COc2nc(Oc3ccc(F)cc3F)ncc2N2CCC(=O)NC2=O)C(=O)NC1=O. The zero-order chi connectivity index (χ0) is 35.5. The van der Waals surface area contributed by atoms with Crippen LogP contribution in [-0.2, 0) is 9.59 Å². The maximum atomic E-state index is 14.3. The number of carbonyl (C=O) groups excluding carboxylic acids is 4. The molecule has 2 aromatic heterocycles. The quantitative estimate of drug-likeness (QED) is 0.230. The molecule has 0 spiro atoms. The number of carbonyl (C=O) groups is 4. The second-order valence-electron chi connectivity index (χ2n) is 10.4. The lowest BCUT2D eigenvalue weighted by molar-refractivity contribution is -0.125. The average molecular weight is 699 g/mol. The van der Waals surface area contributed by atoms with Crippen molar-refractivity contribution in [3.8, 4) is 35.3 Å². The highest BCUT2D eigenvalue weighted by Gasteiger charge is 2.37. The highest BCUT2D eigenvalue weighted by Crippen LogP contribution is 2.34. The molecule has 6 rings (SSSR count). The predicted molar refractivity (Wildman–Crippen MR) is 159 cm³/mol. The Morgan fingerprint density at radius 1 is 0.820 bits per heavy atom. The number of nitrogens with zero attached hydrogens (tertiary/aromatic N) is 6. The van der Waals surface area contributed by atoms with E-state index >= 15 is 0 Å². The van der Waals surface area contributed by atoms with Gasteiger partial charge in [0.2, 0.25) is 29.3 Å². The first-order valence-corrected chi connectivity index (χ1v) is 14.4. The fourth-order valence-corrected chi connectivity index (χ4v) is 4.71. The van der Waals surface area contributed by atoms with Gasteiger partial charge in [0.25, 0.3) is 0 Å². The molecular weight excluding hydrogens is 676 g/mol. The number of halogens is 4. The summed E-state index contributed by atoms with van der Waals surface area (Å²) in [5, 5.41) is 4.30. The van der Waals surface area contributed by atoms with E-state index in [0.29, 0.717) is 6.07 Å². The molecule has 1 atom stereocenters. The lowest BCUT2D eigenvalue weighted by Gasteiger charge is -2.32. The zero-order valence-electron chi connectivity index (χ0n) is 25.5. The van der Waals surface area contributed by atoms with Crippen molar-refractivity contribution < 1.29 is 55.7 Å². The van der Waals surface area contributed by atoms with E-state index in [1.54, 1.807) is 0 Å². The van der Waals surface area contributed by atoms with Crippen LogP contribution in [-0.4, -0.2) is 70.6 Å². The number of nitrogens with one attached hydrogen (secondary N) is 2. The Morgan fingerprint density at radius 2 is 1.48 bits per heavy atom. The van der Waals surface area contributed by atoms with Crippen LogP contribution in [0.1, 0.15) is 6.42 Å². The molecule has 4 aromatic rings. The van der Waals surface area contributed by atoms with Crippen LogP contribution in [0.15, 0.2) is 48.8 Å². The number of ether oxygens (including phenoxy) is 4. The molecule has 2 aromatic carbocycles. The second-order valence-corrected chi connectivity index (χ2v) is 10.4. The van der Waals surface area contributed by atoms with Gasteiger partial charge in [-0.25, -0.2) is 37.1 Å². The number of anilines is 2. The number of hydrogen-bond acceptors (Lipinski definition) is 12. The van der Waals surface area contributed by atoms with Crippen LogP contribution in [0.25, 0.3) is 0 Å². The van der Waals surface area contributed by atoms with Gasteiger partial charge in [0.1, 0.15) is 23.8 Å². The number of rotatable bonds is 10. The molecule has 20 heteroatoms. The Hall–Kier alpha value is -6.60. The lowest BCUT2D eigenvalue weighted by Crippen LogP contribution is -2.56. The summed E-state index contributed by atoms with van der Waals surface area (Å²) >= 11 is 0. The number of urea groups is 2. The van der Waals surface area contributed by atoms with E-state index in [0.717, 1.165) is 52.5 Å². The van der Waals surface area contributed by atoms with Gasteiger partial charge in [-0.2, -0.15) is 9.97 Å². The standard InChI is InChI=1S/C30H22F4N8O8/c1-47-25-19(10-36-28(39-25)50-23-16(32)3-2-4-17(23)33)42-12-14(24(44)38-30(42)46)13-48-26-20(41-8-7-22(43)37-29(41)45)11-35-27(40-26)49-21-6-5-15(31)9-18(21)34/h2-6,9-11,14H,7-8,12-13H2,1H3,(H,37,43,45)(H,38,44,46). The first-order chi connectivity index (χ1) is 24.0. The normalized spacial score (nSPS) is 16.1. The average Bonchev–Trinajstić information content (AvgIpc) is 3.08. The monoisotopic (exact) mass is 698 g/mol. The van der Waals surface area contributed by atoms with Crippen molar-refractivity contribution in [1.82, 2.24) is 30.6 Å². The second kappa shape index (κ2) is 13.9. The zero-order valence-corrected chi connectivity index (χ0v) is 25.5. The Balaban J connectivity index is 1.24. The topological polar surface area (TPSA) is 187 Å². The number of benzene rings is 2. The summed E-state index contributed by atoms with van der Waals surface area (Å²) in [4.78, 5) is 68.2. The minimum Gasteiger partial charge on any atom is -0.479 e. The molecule has 50 heavy (non-hydrogen) atoms. The molecule has 1 unspecified atom stereocenters. The van der Waals surface area contributed by atoms with Crippen molar-refractivity contribution in [1.29, 1.82) is 0 Å². The molecule has 6 amide bonds. The predicted octanol–water partition coefficient (Wildman–Crippen LogP) is 3.61. The molecule has 4 heterocycles. The minimum atomic E-state index is -1.11. The third kappa shape index (κ3) is 6.98. The van der Waals surface area contributed by atoms with Crippen LogP contribution in [0.4, 0.5) is 38.5 Å². The van der Waals surface area contributed by atoms with E-state index < -0.39 is 83.2 Å². The van der Waals surface area contributed by atoms with Crippen LogP contribution >= 0.6 is 0 Å². The van der Waals surface area contributed by atoms with E-state index in [1.807, 2.05) is 0 Å². The number of para-hydroxylation sites is 1. The van der Waals surface area contributed by atoms with Crippen molar-refractivity contribution in [2.75, 3.05) is 36.6 Å². The molecule has 2 saturated heterocycles. The molecule has 0 radical (unpaired) electrons. The number of hydrogen-bond donors (Lipinski definition) is 2. The Bertz CT molecular complexity index is 2000. The third-order valence-electron chi connectivity index (χ3n) is 7.13. The summed E-state index contributed by atoms with van der Waals surface area (Å²) in [6.07, 6.45) is 2.10. The minimum absolute atomic E-state index is 0.0528. The number of imide groups is 2. The molecule has 16 nitrogen and oxygen atoms in total. The van der Waals surface area contributed by atoms with Gasteiger partial charge in [0.15, 0.2) is 23.2 Å². The summed E-state index contributed by atoms with van der Waals surface area (Å²) in [6.45, 7) is -0.905. The van der Waals surface area contributed by atoms with E-state index in [-0.39, 0.29) is 42.6 Å². The van der Waals surface area contributed by atoms with Crippen molar-refractivity contribution in [2.24, 2.45) is 5.92 Å². The summed E-state index contributed by atoms with van der Waals surface area (Å²) in [7, 11) is 1.20. The summed E-state index contributed by atoms with van der Waals surface area (Å²) in [5.41, 5.74) is -0.110. The summed E-state index contributed by atoms with van der Waals surface area (Å²) in [6, 6.07) is 2.88. The Labute approximate surface area is 278 Å². The van der Waals surface area contributed by atoms with Crippen molar-refractivity contribution >= 4 is 35.3 Å². The highest BCUT2D eigenvalue weighted by atomic mass is 19.1. The van der Waals surface area contributed by atoms with Crippen molar-refractivity contribution in [3.63, 3.8) is 0 Å². The third-order valence-corrected chi connectivity index (χ3v) is 7.13. The van der Waals surface area contributed by atoms with Gasteiger partial charge < -0.3 is 18.9 Å². The van der Waals surface area contributed by atoms with E-state index in [1.165, 1.54) is 7.11 Å². The number of amides is 6. The molecule has 2 fully saturated rings. The molecular formula is C30H22F4N8O8. The van der Waals surface area contributed by atoms with E-state index in [2.05, 4.69) is 30.6 Å². The number of methoxy groups -OCH3 is 1. The van der Waals surface area contributed by atoms with Gasteiger partial charge in [0.05, 0.1) is 25.4 Å². The van der Waals surface area contributed by atoms with Gasteiger partial charge in [-0.05, 0) is 24.3 Å². The maximum absolute atomic E-state index is 14.3. The van der Waals surface area contributed by atoms with Crippen LogP contribution in [0, 0.1) is 29.2 Å². The molecule has 0 bridgehead atoms. The van der Waals surface area contributed by atoms with Gasteiger partial charge >= 0.3 is 24.1 Å². The summed E-state index contributed by atoms with van der Waals surface area (Å²) in [5.74, 6) is -8.14. The largest absolute Gasteiger partial charge is 0.479 e. The Morgan fingerprint density at radius 3 is 2.16 bits per heavy atom. The Kier molecular flexibility index (Phi) is 9.24. The molecule has 2 N–H and O–H groups in total. The molecule has 2 aliphatic heterocycles. The van der Waals surface area contributed by atoms with Gasteiger partial charge in [-0.1, -0.05) is 6.07 Å². The fraction of sp³-hybridized carbons (Fsp3) is 0.200. The molecule has 0 saturated carbocycles. The molecule has 2 aliphatic rings. The first-order valence-electron chi connectivity index (χ1n) is 14.4. The van der Waals surface area contributed by atoms with Crippen LogP contribution in [0.2, 0.25) is 0 Å². The van der Waals surface area contributed by atoms with E-state index in [4.69, 9.17) is 18.9 Å². The van der Waals surface area contributed by atoms with Gasteiger partial charge in [0, 0.05) is 25.6 Å². The van der Waals surface area contributed by atoms with Crippen molar-refractivity contribution in [2.45, 2.75) is 6.42 Å². The smallest absolute Gasteiger partial charge is 0.328 e. The molecule has 0 aliphatic carbocycles. The number of aromatic nitrogens is 4. The van der Waals surface area contributed by atoms with Gasteiger partial charge in [-0.3, -0.25) is 30.0 Å². The van der Waals surface area contributed by atoms with Crippen molar-refractivity contribution in [3.05, 3.63) is 72.1 Å². The molecule has 258 valence electrons. The summed E-state index contributed by atoms with van der Waals surface area (Å²) < 4.78 is 77.5. The lowest BCUT2D eigenvalue weighted by atomic mass is 10.1. The first kappa shape index (κ1) is 33.3. The maximum Gasteiger partial charge on any atom is 0.328 e. The van der Waals surface area contributed by atoms with Crippen LogP contribution in [0.5, 0.6) is 35.3 Å². The fourth-order valence-electron chi connectivity index (χ4n) is 4.71.